The standard InChI is InChI=1S/C23H22N2O2S2/c1-16-24-18(15-29-16)14-27-19-6-4-5-17(13-19)9-10-23(26)25-21-11-12-28-22-8-3-2-7-20(21)22/h2-10,13,15,21H,11-12,14H2,1H3,(H,25,26)/b10-9+. The zero-order valence-corrected chi connectivity index (χ0v) is 17.8. The van der Waals surface area contributed by atoms with Crippen molar-refractivity contribution in [1.82, 2.24) is 10.3 Å². The second-order valence-electron chi connectivity index (χ2n) is 6.79. The third kappa shape index (κ3) is 5.28. The molecule has 29 heavy (non-hydrogen) atoms. The van der Waals surface area contributed by atoms with Crippen molar-refractivity contribution in [3.05, 3.63) is 81.8 Å². The number of hydrogen-bond donors (Lipinski definition) is 1. The van der Waals surface area contributed by atoms with E-state index in [-0.39, 0.29) is 11.9 Å². The van der Waals surface area contributed by atoms with E-state index in [1.165, 1.54) is 10.5 Å². The monoisotopic (exact) mass is 422 g/mol. The molecule has 4 rings (SSSR count). The molecule has 1 aromatic heterocycles. The first-order chi connectivity index (χ1) is 14.2. The number of benzene rings is 2. The molecule has 148 valence electrons. The van der Waals surface area contributed by atoms with Crippen LogP contribution in [0, 0.1) is 6.92 Å². The Morgan fingerprint density at radius 1 is 1.28 bits per heavy atom. The van der Waals surface area contributed by atoms with Crippen molar-refractivity contribution in [2.75, 3.05) is 5.75 Å². The second kappa shape index (κ2) is 9.29. The van der Waals surface area contributed by atoms with Gasteiger partial charge in [0.05, 0.1) is 16.7 Å². The van der Waals surface area contributed by atoms with E-state index >= 15 is 0 Å². The number of rotatable bonds is 6. The Balaban J connectivity index is 1.36. The molecule has 0 aliphatic carbocycles. The molecule has 0 spiro atoms. The fourth-order valence-corrected chi connectivity index (χ4v) is 4.95. The minimum Gasteiger partial charge on any atom is -0.487 e. The molecule has 0 fully saturated rings. The minimum atomic E-state index is -0.0824. The van der Waals surface area contributed by atoms with Gasteiger partial charge in [0.15, 0.2) is 0 Å². The van der Waals surface area contributed by atoms with Crippen LogP contribution < -0.4 is 10.1 Å². The summed E-state index contributed by atoms with van der Waals surface area (Å²) in [5.41, 5.74) is 3.06. The Hall–Kier alpha value is -2.57. The topological polar surface area (TPSA) is 51.2 Å². The summed E-state index contributed by atoms with van der Waals surface area (Å²) in [4.78, 5) is 18.1. The molecule has 0 radical (unpaired) electrons. The third-order valence-electron chi connectivity index (χ3n) is 4.61. The molecular formula is C23H22N2O2S2. The number of fused-ring (bicyclic) bond motifs is 1. The van der Waals surface area contributed by atoms with Crippen molar-refractivity contribution in [2.24, 2.45) is 0 Å². The molecule has 1 N–H and O–H groups in total. The summed E-state index contributed by atoms with van der Waals surface area (Å²) in [7, 11) is 0. The number of carbonyl (C=O) groups excluding carboxylic acids is 1. The summed E-state index contributed by atoms with van der Waals surface area (Å²) in [6, 6.07) is 16.1. The van der Waals surface area contributed by atoms with Crippen LogP contribution in [0.4, 0.5) is 0 Å². The van der Waals surface area contributed by atoms with E-state index in [0.717, 1.165) is 34.2 Å². The zero-order valence-electron chi connectivity index (χ0n) is 16.1. The molecule has 1 atom stereocenters. The van der Waals surface area contributed by atoms with Gasteiger partial charge >= 0.3 is 0 Å². The van der Waals surface area contributed by atoms with Crippen LogP contribution in [0.25, 0.3) is 6.08 Å². The van der Waals surface area contributed by atoms with Gasteiger partial charge in [-0.05, 0) is 48.7 Å². The van der Waals surface area contributed by atoms with Crippen LogP contribution >= 0.6 is 23.1 Å². The number of thioether (sulfide) groups is 1. The Morgan fingerprint density at radius 3 is 3.03 bits per heavy atom. The Kier molecular flexibility index (Phi) is 6.32. The van der Waals surface area contributed by atoms with Crippen molar-refractivity contribution < 1.29 is 9.53 Å². The van der Waals surface area contributed by atoms with Crippen LogP contribution in [-0.4, -0.2) is 16.6 Å². The lowest BCUT2D eigenvalue weighted by molar-refractivity contribution is -0.117. The van der Waals surface area contributed by atoms with Crippen molar-refractivity contribution >= 4 is 35.1 Å². The number of amides is 1. The molecule has 2 heterocycles. The Morgan fingerprint density at radius 2 is 2.17 bits per heavy atom. The maximum absolute atomic E-state index is 12.4. The summed E-state index contributed by atoms with van der Waals surface area (Å²) in [6.07, 6.45) is 4.35. The van der Waals surface area contributed by atoms with Gasteiger partial charge in [0.25, 0.3) is 0 Å². The van der Waals surface area contributed by atoms with Crippen LogP contribution in [0.3, 0.4) is 0 Å². The molecule has 1 aliphatic heterocycles. The van der Waals surface area contributed by atoms with Gasteiger partial charge in [-0.2, -0.15) is 0 Å². The summed E-state index contributed by atoms with van der Waals surface area (Å²) >= 11 is 3.46. The summed E-state index contributed by atoms with van der Waals surface area (Å²) in [5.74, 6) is 1.70. The van der Waals surface area contributed by atoms with Gasteiger partial charge < -0.3 is 10.1 Å². The molecule has 4 nitrogen and oxygen atoms in total. The highest BCUT2D eigenvalue weighted by Gasteiger charge is 2.20. The molecule has 3 aromatic rings. The number of nitrogens with one attached hydrogen (secondary N) is 1. The SMILES string of the molecule is Cc1nc(COc2cccc(/C=C/C(=O)NC3CCSc4ccccc43)c2)cs1. The smallest absolute Gasteiger partial charge is 0.244 e. The van der Waals surface area contributed by atoms with Gasteiger partial charge in [-0.3, -0.25) is 4.79 Å². The molecular weight excluding hydrogens is 400 g/mol. The van der Waals surface area contributed by atoms with E-state index in [0.29, 0.717) is 6.61 Å². The Bertz CT molecular complexity index is 1030. The second-order valence-corrected chi connectivity index (χ2v) is 8.99. The lowest BCUT2D eigenvalue weighted by Crippen LogP contribution is -2.29. The fraction of sp³-hybridized carbons (Fsp3) is 0.217. The van der Waals surface area contributed by atoms with E-state index < -0.39 is 0 Å². The van der Waals surface area contributed by atoms with Gasteiger partial charge in [0.2, 0.25) is 5.91 Å². The molecule has 0 saturated heterocycles. The molecule has 0 saturated carbocycles. The number of aromatic nitrogens is 1. The van der Waals surface area contributed by atoms with Crippen molar-refractivity contribution in [3.8, 4) is 5.75 Å². The van der Waals surface area contributed by atoms with E-state index in [4.69, 9.17) is 4.74 Å². The maximum atomic E-state index is 12.4. The highest BCUT2D eigenvalue weighted by atomic mass is 32.2. The molecule has 1 amide bonds. The lowest BCUT2D eigenvalue weighted by Gasteiger charge is -2.25. The maximum Gasteiger partial charge on any atom is 0.244 e. The number of carbonyl (C=O) groups is 1. The minimum absolute atomic E-state index is 0.0702. The molecule has 2 aromatic carbocycles. The van der Waals surface area contributed by atoms with Gasteiger partial charge in [-0.25, -0.2) is 4.98 Å². The lowest BCUT2D eigenvalue weighted by atomic mass is 10.0. The molecule has 0 bridgehead atoms. The molecule has 6 heteroatoms. The highest BCUT2D eigenvalue weighted by molar-refractivity contribution is 7.99. The van der Waals surface area contributed by atoms with Crippen LogP contribution in [0.5, 0.6) is 5.75 Å². The number of thiazole rings is 1. The average molecular weight is 423 g/mol. The van der Waals surface area contributed by atoms with Crippen LogP contribution in [0.1, 0.15) is 34.3 Å². The first-order valence-electron chi connectivity index (χ1n) is 9.51. The normalized spacial score (nSPS) is 15.8. The van der Waals surface area contributed by atoms with E-state index in [1.54, 1.807) is 17.4 Å². The highest BCUT2D eigenvalue weighted by Crippen LogP contribution is 2.35. The summed E-state index contributed by atoms with van der Waals surface area (Å²) in [5, 5.41) is 6.17. The summed E-state index contributed by atoms with van der Waals surface area (Å²) in [6.45, 7) is 2.42. The van der Waals surface area contributed by atoms with Crippen molar-refractivity contribution in [1.29, 1.82) is 0 Å². The van der Waals surface area contributed by atoms with Gasteiger partial charge in [-0.15, -0.1) is 23.1 Å². The predicted molar refractivity (Wildman–Crippen MR) is 119 cm³/mol. The zero-order chi connectivity index (χ0) is 20.1. The largest absolute Gasteiger partial charge is 0.487 e. The van der Waals surface area contributed by atoms with Gasteiger partial charge in [-0.1, -0.05) is 30.3 Å². The quantitative estimate of drug-likeness (QED) is 0.541. The number of aryl methyl sites for hydroxylation is 1. The first kappa shape index (κ1) is 19.7. The van der Waals surface area contributed by atoms with Crippen molar-refractivity contribution in [2.45, 2.75) is 30.9 Å². The average Bonchev–Trinajstić information content (AvgIpc) is 3.17. The number of nitrogens with zero attached hydrogens (tertiary/aromatic N) is 1. The summed E-state index contributed by atoms with van der Waals surface area (Å²) < 4.78 is 5.82. The van der Waals surface area contributed by atoms with Gasteiger partial charge in [0, 0.05) is 22.1 Å². The number of ether oxygens (including phenoxy) is 1. The predicted octanol–water partition coefficient (Wildman–Crippen LogP) is 5.40. The van der Waals surface area contributed by atoms with E-state index in [9.17, 15) is 4.79 Å². The third-order valence-corrected chi connectivity index (χ3v) is 6.56. The molecule has 1 aliphatic rings. The molecule has 1 unspecified atom stereocenters. The van der Waals surface area contributed by atoms with Crippen LogP contribution in [0.2, 0.25) is 0 Å². The first-order valence-corrected chi connectivity index (χ1v) is 11.4. The van der Waals surface area contributed by atoms with E-state index in [2.05, 4.69) is 22.4 Å². The van der Waals surface area contributed by atoms with Crippen LogP contribution in [-0.2, 0) is 11.4 Å². The van der Waals surface area contributed by atoms with Crippen molar-refractivity contribution in [3.63, 3.8) is 0 Å². The number of hydrogen-bond acceptors (Lipinski definition) is 5. The van der Waals surface area contributed by atoms with Crippen LogP contribution in [0.15, 0.2) is 64.9 Å². The van der Waals surface area contributed by atoms with Gasteiger partial charge in [0.1, 0.15) is 12.4 Å². The van der Waals surface area contributed by atoms with E-state index in [1.807, 2.05) is 66.5 Å². The fourth-order valence-electron chi connectivity index (χ4n) is 3.22. The Labute approximate surface area is 179 Å².